The van der Waals surface area contributed by atoms with E-state index in [1.165, 1.54) is 5.56 Å². The Kier molecular flexibility index (Phi) is 11.6. The van der Waals surface area contributed by atoms with Crippen LogP contribution in [0.2, 0.25) is 0 Å². The van der Waals surface area contributed by atoms with Crippen LogP contribution in [0.5, 0.6) is 5.75 Å². The van der Waals surface area contributed by atoms with Gasteiger partial charge in [-0.25, -0.2) is 9.59 Å². The molecule has 12 heteroatoms. The van der Waals surface area contributed by atoms with E-state index in [2.05, 4.69) is 38.6 Å². The number of ether oxygens (including phenoxy) is 1. The number of methoxy groups -OCH3 is 1. The highest BCUT2D eigenvalue weighted by Crippen LogP contribution is 2.22. The van der Waals surface area contributed by atoms with E-state index in [4.69, 9.17) is 24.7 Å². The van der Waals surface area contributed by atoms with E-state index in [9.17, 15) is 14.4 Å². The van der Waals surface area contributed by atoms with Gasteiger partial charge in [0.05, 0.1) is 18.7 Å². The second-order valence-corrected chi connectivity index (χ2v) is 9.23. The molecule has 4 rings (SSSR count). The van der Waals surface area contributed by atoms with Gasteiger partial charge in [-0.2, -0.15) is 10.2 Å². The Bertz CT molecular complexity index is 1350. The molecule has 1 aliphatic heterocycles. The average Bonchev–Trinajstić information content (AvgIpc) is 3.48. The summed E-state index contributed by atoms with van der Waals surface area (Å²) in [6, 6.07) is 17.1. The van der Waals surface area contributed by atoms with E-state index in [-0.39, 0.29) is 17.6 Å². The van der Waals surface area contributed by atoms with E-state index < -0.39 is 11.9 Å². The van der Waals surface area contributed by atoms with Gasteiger partial charge in [0.15, 0.2) is 0 Å². The third kappa shape index (κ3) is 10.2. The Balaban J connectivity index is 0.000000507. The molecule has 0 saturated carbocycles. The molecule has 1 amide bonds. The predicted octanol–water partition coefficient (Wildman–Crippen LogP) is 3.36. The van der Waals surface area contributed by atoms with E-state index in [1.807, 2.05) is 12.1 Å². The number of hydrogen-bond acceptors (Lipinski definition) is 9. The number of nitrogens with one attached hydrogen (secondary N) is 1. The molecule has 3 N–H and O–H groups in total. The Morgan fingerprint density at radius 1 is 1.07 bits per heavy atom. The molecule has 12 nitrogen and oxygen atoms in total. The van der Waals surface area contributed by atoms with Gasteiger partial charge in [-0.15, -0.1) is 0 Å². The van der Waals surface area contributed by atoms with Crippen molar-refractivity contribution >= 4 is 17.8 Å². The predicted molar refractivity (Wildman–Crippen MR) is 147 cm³/mol. The molecule has 1 saturated heterocycles. The number of likely N-dealkylation sites (tertiary alicyclic amines) is 1. The lowest BCUT2D eigenvalue weighted by Gasteiger charge is -2.32. The number of benzene rings is 2. The molecule has 1 fully saturated rings. The summed E-state index contributed by atoms with van der Waals surface area (Å²) < 4.78 is 10.4. The number of amides is 1. The van der Waals surface area contributed by atoms with Crippen LogP contribution < -0.4 is 10.1 Å². The zero-order chi connectivity index (χ0) is 29.6. The van der Waals surface area contributed by atoms with Crippen molar-refractivity contribution in [3.05, 3.63) is 77.6 Å². The molecule has 2 aromatic carbocycles. The van der Waals surface area contributed by atoms with Gasteiger partial charge in [-0.3, -0.25) is 9.69 Å². The van der Waals surface area contributed by atoms with Gasteiger partial charge in [0, 0.05) is 30.8 Å². The van der Waals surface area contributed by atoms with Gasteiger partial charge < -0.3 is 24.8 Å². The molecule has 41 heavy (non-hydrogen) atoms. The number of hydrogen-bond donors (Lipinski definition) is 3. The number of nitrogens with zero attached hydrogens (tertiary/aromatic N) is 4. The number of rotatable bonds is 10. The van der Waals surface area contributed by atoms with Crippen LogP contribution in [0.15, 0.2) is 65.2 Å². The second kappa shape index (κ2) is 15.5. The Morgan fingerprint density at radius 3 is 2.27 bits per heavy atom. The minimum absolute atomic E-state index is 0.0173. The fourth-order valence-electron chi connectivity index (χ4n) is 4.15. The summed E-state index contributed by atoms with van der Waals surface area (Å²) in [6.45, 7) is 3.66. The minimum atomic E-state index is -1.26. The number of carboxylic acids is 2. The summed E-state index contributed by atoms with van der Waals surface area (Å²) in [6.07, 6.45) is 4.29. The summed E-state index contributed by atoms with van der Waals surface area (Å²) in [5.41, 5.74) is 2.51. The fourth-order valence-corrected chi connectivity index (χ4v) is 4.15. The summed E-state index contributed by atoms with van der Waals surface area (Å²) in [5.74, 6) is -1.10. The highest BCUT2D eigenvalue weighted by molar-refractivity contribution is 5.90. The van der Waals surface area contributed by atoms with Gasteiger partial charge >= 0.3 is 11.9 Å². The number of carboxylic acid groups (broad SMARTS) is 2. The van der Waals surface area contributed by atoms with Crippen molar-refractivity contribution in [3.8, 4) is 23.3 Å². The van der Waals surface area contributed by atoms with E-state index in [0.29, 0.717) is 35.7 Å². The highest BCUT2D eigenvalue weighted by atomic mass is 16.5. The molecule has 3 aromatic rings. The highest BCUT2D eigenvalue weighted by Gasteiger charge is 2.20. The quantitative estimate of drug-likeness (QED) is 0.309. The van der Waals surface area contributed by atoms with Crippen LogP contribution in [0.4, 0.5) is 0 Å². The Hall–Kier alpha value is -5.02. The molecule has 1 aliphatic rings. The summed E-state index contributed by atoms with van der Waals surface area (Å²) in [5, 5.41) is 31.2. The first-order chi connectivity index (χ1) is 19.8. The molecule has 1 aromatic heterocycles. The number of carbonyl (C=O) groups is 3. The topological polar surface area (TPSA) is 179 Å². The zero-order valence-electron chi connectivity index (χ0n) is 22.5. The van der Waals surface area contributed by atoms with Crippen LogP contribution in [0, 0.1) is 17.2 Å². The maximum atomic E-state index is 12.4. The lowest BCUT2D eigenvalue weighted by Crippen LogP contribution is -2.35. The normalized spacial score (nSPS) is 13.6. The van der Waals surface area contributed by atoms with Gasteiger partial charge in [0.2, 0.25) is 0 Å². The lowest BCUT2D eigenvalue weighted by atomic mass is 9.93. The van der Waals surface area contributed by atoms with Crippen LogP contribution in [0.1, 0.15) is 41.0 Å². The van der Waals surface area contributed by atoms with Gasteiger partial charge in [0.25, 0.3) is 17.6 Å². The minimum Gasteiger partial charge on any atom is -0.497 e. The summed E-state index contributed by atoms with van der Waals surface area (Å²) in [7, 11) is 1.68. The number of aliphatic carboxylic acids is 2. The van der Waals surface area contributed by atoms with Gasteiger partial charge in [-0.1, -0.05) is 17.3 Å². The first kappa shape index (κ1) is 30.5. The number of carbonyl (C=O) groups excluding carboxylic acids is 1. The molecular weight excluding hydrogens is 530 g/mol. The van der Waals surface area contributed by atoms with Crippen LogP contribution in [0.3, 0.4) is 0 Å². The third-order valence-corrected chi connectivity index (χ3v) is 6.37. The van der Waals surface area contributed by atoms with Crippen molar-refractivity contribution in [2.24, 2.45) is 5.92 Å². The molecule has 2 heterocycles. The molecule has 0 bridgehead atoms. The van der Waals surface area contributed by atoms with Crippen LogP contribution in [-0.2, 0) is 16.1 Å². The maximum absolute atomic E-state index is 12.4. The largest absolute Gasteiger partial charge is 0.497 e. The van der Waals surface area contributed by atoms with Gasteiger partial charge in [0.1, 0.15) is 5.75 Å². The van der Waals surface area contributed by atoms with Crippen molar-refractivity contribution in [1.29, 1.82) is 5.26 Å². The van der Waals surface area contributed by atoms with E-state index >= 15 is 0 Å². The fraction of sp³-hybridized carbons (Fsp3) is 0.310. The number of aromatic nitrogens is 2. The van der Waals surface area contributed by atoms with Crippen molar-refractivity contribution in [1.82, 2.24) is 20.4 Å². The van der Waals surface area contributed by atoms with Crippen molar-refractivity contribution < 1.29 is 33.9 Å². The van der Waals surface area contributed by atoms with E-state index in [1.54, 1.807) is 31.4 Å². The Labute approximate surface area is 236 Å². The Morgan fingerprint density at radius 2 is 1.71 bits per heavy atom. The zero-order valence-corrected chi connectivity index (χ0v) is 22.5. The van der Waals surface area contributed by atoms with Crippen molar-refractivity contribution in [2.75, 3.05) is 26.7 Å². The summed E-state index contributed by atoms with van der Waals surface area (Å²) >= 11 is 0. The molecule has 0 spiro atoms. The summed E-state index contributed by atoms with van der Waals surface area (Å²) in [4.78, 5) is 38.1. The first-order valence-corrected chi connectivity index (χ1v) is 12.9. The number of nitriles is 1. The third-order valence-electron chi connectivity index (χ3n) is 6.37. The lowest BCUT2D eigenvalue weighted by molar-refractivity contribution is -0.134. The van der Waals surface area contributed by atoms with Gasteiger partial charge in [-0.05, 0) is 80.2 Å². The molecular formula is C29H31N5O7. The molecule has 214 valence electrons. The maximum Gasteiger partial charge on any atom is 0.328 e. The monoisotopic (exact) mass is 561 g/mol. The first-order valence-electron chi connectivity index (χ1n) is 12.9. The van der Waals surface area contributed by atoms with Crippen molar-refractivity contribution in [2.45, 2.75) is 25.8 Å². The smallest absolute Gasteiger partial charge is 0.328 e. The molecule has 0 radical (unpaired) electrons. The average molecular weight is 562 g/mol. The second-order valence-electron chi connectivity index (χ2n) is 9.23. The SMILES string of the molecule is COc1ccc(CN2CCC(CCNC(=O)c3noc(-c4ccc(C#N)cc4)n3)CC2)cc1.O=C(O)C=CC(=O)O. The molecule has 0 aliphatic carbocycles. The standard InChI is InChI=1S/C25H27N5O3.C4H4O4/c1-32-22-8-4-20(5-9-22)17-30-14-11-18(12-15-30)10-13-27-24(31)23-28-25(33-29-23)21-6-2-19(16-26)3-7-21;5-3(6)1-2-4(7)8/h2-9,18H,10-15,17H2,1H3,(H,27,31);1-2H,(H,5,6)(H,7,8). The van der Waals surface area contributed by atoms with Crippen LogP contribution >= 0.6 is 0 Å². The molecule has 0 unspecified atom stereocenters. The van der Waals surface area contributed by atoms with Crippen molar-refractivity contribution in [3.63, 3.8) is 0 Å². The van der Waals surface area contributed by atoms with Crippen LogP contribution in [0.25, 0.3) is 11.5 Å². The van der Waals surface area contributed by atoms with Crippen LogP contribution in [-0.4, -0.2) is 69.8 Å². The molecule has 0 atom stereocenters. The van der Waals surface area contributed by atoms with E-state index in [0.717, 1.165) is 44.6 Å². The number of piperidine rings is 1.